The Kier molecular flexibility index (Phi) is 4.19. The third-order valence-electron chi connectivity index (χ3n) is 5.51. The second-order valence-corrected chi connectivity index (χ2v) is 7.59. The van der Waals surface area contributed by atoms with Crippen LogP contribution in [0.4, 0.5) is 0 Å². The predicted octanol–water partition coefficient (Wildman–Crippen LogP) is 1.74. The second-order valence-electron chi connectivity index (χ2n) is 7.59. The monoisotopic (exact) mass is 344 g/mol. The Morgan fingerprint density at radius 3 is 2.48 bits per heavy atom. The lowest BCUT2D eigenvalue weighted by atomic mass is 9.75. The molecule has 6 heteroatoms. The van der Waals surface area contributed by atoms with Crippen molar-refractivity contribution in [2.45, 2.75) is 38.8 Å². The number of aryl methyl sites for hydroxylation is 1. The number of amides is 2. The van der Waals surface area contributed by atoms with Gasteiger partial charge in [0.05, 0.1) is 11.8 Å². The molecular formula is C19H24N2O4. The van der Waals surface area contributed by atoms with Gasteiger partial charge in [-0.2, -0.15) is 0 Å². The number of carbonyl (C=O) groups is 3. The zero-order chi connectivity index (χ0) is 18.5. The van der Waals surface area contributed by atoms with Crippen LogP contribution in [0.5, 0.6) is 0 Å². The molecule has 0 saturated carbocycles. The third kappa shape index (κ3) is 2.47. The van der Waals surface area contributed by atoms with Crippen LogP contribution in [0.15, 0.2) is 24.3 Å². The Hall–Kier alpha value is -2.21. The van der Waals surface area contributed by atoms with Crippen molar-refractivity contribution in [3.05, 3.63) is 35.4 Å². The van der Waals surface area contributed by atoms with Crippen molar-refractivity contribution >= 4 is 17.8 Å². The first-order valence-electron chi connectivity index (χ1n) is 8.58. The summed E-state index contributed by atoms with van der Waals surface area (Å²) in [6, 6.07) is 7.11. The topological polar surface area (TPSA) is 86.7 Å². The number of fused-ring (bicyclic) bond motifs is 1. The van der Waals surface area contributed by atoms with Crippen LogP contribution in [-0.4, -0.2) is 40.4 Å². The molecule has 1 aromatic carbocycles. The van der Waals surface area contributed by atoms with Gasteiger partial charge in [0.25, 0.3) is 0 Å². The van der Waals surface area contributed by atoms with Crippen molar-refractivity contribution in [1.82, 2.24) is 10.2 Å². The Labute approximate surface area is 147 Å². The molecule has 2 aliphatic rings. The maximum absolute atomic E-state index is 12.8. The van der Waals surface area contributed by atoms with E-state index in [1.807, 2.05) is 45.0 Å². The first kappa shape index (κ1) is 17.6. The number of carboxylic acid groups (broad SMARTS) is 1. The predicted molar refractivity (Wildman–Crippen MR) is 91.6 cm³/mol. The number of likely N-dealkylation sites (tertiary alicyclic amines) is 1. The van der Waals surface area contributed by atoms with E-state index in [1.54, 1.807) is 0 Å². The number of imide groups is 1. The normalized spacial score (nSPS) is 31.7. The van der Waals surface area contributed by atoms with E-state index in [0.29, 0.717) is 6.42 Å². The molecule has 2 heterocycles. The number of nitrogens with zero attached hydrogens (tertiary/aromatic N) is 1. The van der Waals surface area contributed by atoms with Gasteiger partial charge in [0, 0.05) is 13.1 Å². The molecule has 25 heavy (non-hydrogen) atoms. The number of nitrogens with one attached hydrogen (secondary N) is 1. The molecule has 0 radical (unpaired) electrons. The molecule has 6 nitrogen and oxygen atoms in total. The quantitative estimate of drug-likeness (QED) is 0.813. The van der Waals surface area contributed by atoms with E-state index in [9.17, 15) is 19.5 Å². The number of carbonyl (C=O) groups excluding carboxylic acids is 2. The van der Waals surface area contributed by atoms with Gasteiger partial charge in [0.1, 0.15) is 5.54 Å². The van der Waals surface area contributed by atoms with Gasteiger partial charge < -0.3 is 5.11 Å². The molecule has 2 fully saturated rings. The van der Waals surface area contributed by atoms with Crippen molar-refractivity contribution < 1.29 is 19.5 Å². The van der Waals surface area contributed by atoms with Crippen LogP contribution in [0.3, 0.4) is 0 Å². The summed E-state index contributed by atoms with van der Waals surface area (Å²) in [5.74, 6) is -3.27. The summed E-state index contributed by atoms with van der Waals surface area (Å²) in [7, 11) is 1.44. The largest absolute Gasteiger partial charge is 0.480 e. The third-order valence-corrected chi connectivity index (χ3v) is 5.51. The Bertz CT molecular complexity index is 745. The van der Waals surface area contributed by atoms with E-state index in [2.05, 4.69) is 5.32 Å². The van der Waals surface area contributed by atoms with E-state index in [4.69, 9.17) is 0 Å². The average Bonchev–Trinajstić information content (AvgIpc) is 2.98. The van der Waals surface area contributed by atoms with Crippen molar-refractivity contribution in [3.8, 4) is 0 Å². The van der Waals surface area contributed by atoms with Gasteiger partial charge in [0.15, 0.2) is 0 Å². The van der Waals surface area contributed by atoms with E-state index in [1.165, 1.54) is 7.05 Å². The van der Waals surface area contributed by atoms with E-state index < -0.39 is 35.3 Å². The van der Waals surface area contributed by atoms with Gasteiger partial charge in [-0.3, -0.25) is 24.6 Å². The fourth-order valence-electron chi connectivity index (χ4n) is 4.47. The Morgan fingerprint density at radius 2 is 1.92 bits per heavy atom. The molecule has 0 aliphatic carbocycles. The maximum Gasteiger partial charge on any atom is 0.324 e. The van der Waals surface area contributed by atoms with Crippen LogP contribution in [-0.2, 0) is 14.4 Å². The van der Waals surface area contributed by atoms with E-state index in [0.717, 1.165) is 16.0 Å². The minimum atomic E-state index is -1.43. The lowest BCUT2D eigenvalue weighted by molar-refractivity contribution is -0.151. The molecule has 0 spiro atoms. The molecule has 4 unspecified atom stereocenters. The fraction of sp³-hybridized carbons (Fsp3) is 0.526. The maximum atomic E-state index is 12.8. The first-order chi connectivity index (χ1) is 11.7. The standard InChI is InChI=1S/C19H24N2O4/c1-10(2)9-19(18(24)25)14-13(16(22)21(4)17(14)23)15(20-19)12-8-6-5-7-11(12)3/h5-8,10,13-15,20H,9H2,1-4H3,(H,24,25). The fourth-order valence-corrected chi connectivity index (χ4v) is 4.47. The molecule has 0 bridgehead atoms. The van der Waals surface area contributed by atoms with Crippen molar-refractivity contribution in [3.63, 3.8) is 0 Å². The smallest absolute Gasteiger partial charge is 0.324 e. The highest BCUT2D eigenvalue weighted by molar-refractivity contribution is 6.09. The van der Waals surface area contributed by atoms with Crippen molar-refractivity contribution in [1.29, 1.82) is 0 Å². The number of benzene rings is 1. The minimum absolute atomic E-state index is 0.0636. The zero-order valence-electron chi connectivity index (χ0n) is 14.9. The van der Waals surface area contributed by atoms with Crippen LogP contribution in [0.1, 0.15) is 37.4 Å². The number of aliphatic carboxylic acids is 1. The molecule has 4 atom stereocenters. The Balaban J connectivity index is 2.17. The summed E-state index contributed by atoms with van der Waals surface area (Å²) in [6.07, 6.45) is 0.290. The molecule has 3 rings (SSSR count). The van der Waals surface area contributed by atoms with Crippen molar-refractivity contribution in [2.24, 2.45) is 17.8 Å². The highest BCUT2D eigenvalue weighted by atomic mass is 16.4. The number of carboxylic acids is 1. The van der Waals surface area contributed by atoms with Crippen LogP contribution < -0.4 is 5.32 Å². The summed E-state index contributed by atoms with van der Waals surface area (Å²) >= 11 is 0. The summed E-state index contributed by atoms with van der Waals surface area (Å²) < 4.78 is 0. The van der Waals surface area contributed by atoms with Crippen LogP contribution in [0, 0.1) is 24.7 Å². The van der Waals surface area contributed by atoms with Crippen molar-refractivity contribution in [2.75, 3.05) is 7.05 Å². The summed E-state index contributed by atoms with van der Waals surface area (Å²) in [5, 5.41) is 13.2. The number of hydrogen-bond acceptors (Lipinski definition) is 4. The van der Waals surface area contributed by atoms with E-state index >= 15 is 0 Å². The lowest BCUT2D eigenvalue weighted by Gasteiger charge is -2.32. The second kappa shape index (κ2) is 5.95. The minimum Gasteiger partial charge on any atom is -0.480 e. The van der Waals surface area contributed by atoms with Crippen LogP contribution in [0.25, 0.3) is 0 Å². The van der Waals surface area contributed by atoms with Crippen LogP contribution >= 0.6 is 0 Å². The van der Waals surface area contributed by atoms with E-state index in [-0.39, 0.29) is 11.8 Å². The lowest BCUT2D eigenvalue weighted by Crippen LogP contribution is -2.56. The molecule has 2 aliphatic heterocycles. The van der Waals surface area contributed by atoms with Gasteiger partial charge in [-0.15, -0.1) is 0 Å². The summed E-state index contributed by atoms with van der Waals surface area (Å²) in [5.41, 5.74) is 0.420. The molecule has 1 aromatic rings. The molecule has 0 aromatic heterocycles. The average molecular weight is 344 g/mol. The molecule has 2 N–H and O–H groups in total. The zero-order valence-corrected chi connectivity index (χ0v) is 14.9. The first-order valence-corrected chi connectivity index (χ1v) is 8.58. The number of hydrogen-bond donors (Lipinski definition) is 2. The van der Waals surface area contributed by atoms with Gasteiger partial charge in [-0.1, -0.05) is 38.1 Å². The summed E-state index contributed by atoms with van der Waals surface area (Å²) in [4.78, 5) is 38.9. The molecule has 2 amide bonds. The van der Waals surface area contributed by atoms with Gasteiger partial charge in [0.2, 0.25) is 11.8 Å². The molecule has 134 valence electrons. The molecular weight excluding hydrogens is 320 g/mol. The SMILES string of the molecule is Cc1ccccc1C1NC(CC(C)C)(C(=O)O)C2C(=O)N(C)C(=O)C12. The van der Waals surface area contributed by atoms with Crippen LogP contribution in [0.2, 0.25) is 0 Å². The number of rotatable bonds is 4. The molecule has 2 saturated heterocycles. The van der Waals surface area contributed by atoms with Gasteiger partial charge in [-0.25, -0.2) is 0 Å². The van der Waals surface area contributed by atoms with Gasteiger partial charge >= 0.3 is 5.97 Å². The van der Waals surface area contributed by atoms with Gasteiger partial charge in [-0.05, 0) is 30.4 Å². The highest BCUT2D eigenvalue weighted by Crippen LogP contribution is 2.50. The summed E-state index contributed by atoms with van der Waals surface area (Å²) in [6.45, 7) is 5.78. The Morgan fingerprint density at radius 1 is 1.28 bits per heavy atom. The highest BCUT2D eigenvalue weighted by Gasteiger charge is 2.67.